The smallest absolute Gasteiger partial charge is 0.271 e. The Labute approximate surface area is 180 Å². The maximum Gasteiger partial charge on any atom is 0.271 e. The molecule has 0 saturated heterocycles. The largest absolute Gasteiger partial charge is 0.497 e. The van der Waals surface area contributed by atoms with E-state index in [0.29, 0.717) is 22.7 Å². The van der Waals surface area contributed by atoms with Gasteiger partial charge in [0.05, 0.1) is 25.3 Å². The monoisotopic (exact) mass is 439 g/mol. The Hall–Kier alpha value is -3.85. The van der Waals surface area contributed by atoms with Crippen LogP contribution in [0, 0.1) is 0 Å². The summed E-state index contributed by atoms with van der Waals surface area (Å²) < 4.78 is 38.1. The second-order valence-corrected chi connectivity index (χ2v) is 7.99. The molecule has 0 aromatic heterocycles. The van der Waals surface area contributed by atoms with E-state index in [1.54, 1.807) is 36.4 Å². The standard InChI is InChI=1S/C22H21N3O5S/c1-29-19-12-10-18(11-13-19)25-31(27,28)20-8-5-7-16(14-20)22(26)24-23-15-17-6-3-4-9-21(17)30-2/h3-15,25H,1-2H3,(H,24,26)/b23-15-. The number of rotatable bonds is 8. The molecule has 9 heteroatoms. The Morgan fingerprint density at radius 2 is 1.68 bits per heavy atom. The second kappa shape index (κ2) is 9.77. The molecule has 0 aliphatic rings. The van der Waals surface area contributed by atoms with Gasteiger partial charge >= 0.3 is 0 Å². The lowest BCUT2D eigenvalue weighted by Crippen LogP contribution is -2.19. The molecule has 0 heterocycles. The number of carbonyl (C=O) groups excluding carboxylic acids is 1. The van der Waals surface area contributed by atoms with Gasteiger partial charge in [-0.1, -0.05) is 18.2 Å². The first-order valence-corrected chi connectivity index (χ1v) is 10.6. The van der Waals surface area contributed by atoms with Gasteiger partial charge in [0.1, 0.15) is 11.5 Å². The van der Waals surface area contributed by atoms with Crippen molar-refractivity contribution in [2.75, 3.05) is 18.9 Å². The van der Waals surface area contributed by atoms with E-state index < -0.39 is 15.9 Å². The quantitative estimate of drug-likeness (QED) is 0.414. The molecule has 0 radical (unpaired) electrons. The first-order valence-electron chi connectivity index (χ1n) is 9.16. The summed E-state index contributed by atoms with van der Waals surface area (Å²) in [4.78, 5) is 12.4. The van der Waals surface area contributed by atoms with Gasteiger partial charge in [0, 0.05) is 16.8 Å². The molecule has 0 atom stereocenters. The van der Waals surface area contributed by atoms with Gasteiger partial charge in [-0.05, 0) is 54.6 Å². The molecule has 3 rings (SSSR count). The van der Waals surface area contributed by atoms with Crippen LogP contribution in [-0.2, 0) is 10.0 Å². The topological polar surface area (TPSA) is 106 Å². The first-order chi connectivity index (χ1) is 14.9. The zero-order valence-corrected chi connectivity index (χ0v) is 17.7. The van der Waals surface area contributed by atoms with E-state index in [2.05, 4.69) is 15.2 Å². The third kappa shape index (κ3) is 5.61. The van der Waals surface area contributed by atoms with E-state index in [0.717, 1.165) is 0 Å². The van der Waals surface area contributed by atoms with Crippen molar-refractivity contribution in [1.82, 2.24) is 5.43 Å². The average molecular weight is 439 g/mol. The Balaban J connectivity index is 1.72. The van der Waals surface area contributed by atoms with Gasteiger partial charge in [-0.15, -0.1) is 0 Å². The lowest BCUT2D eigenvalue weighted by atomic mass is 10.2. The summed E-state index contributed by atoms with van der Waals surface area (Å²) in [5.74, 6) is 0.668. The van der Waals surface area contributed by atoms with E-state index in [9.17, 15) is 13.2 Å². The highest BCUT2D eigenvalue weighted by atomic mass is 32.2. The number of amides is 1. The lowest BCUT2D eigenvalue weighted by Gasteiger charge is -2.10. The van der Waals surface area contributed by atoms with Gasteiger partial charge in [0.15, 0.2) is 0 Å². The normalized spacial score (nSPS) is 11.2. The van der Waals surface area contributed by atoms with Crippen LogP contribution in [0.1, 0.15) is 15.9 Å². The van der Waals surface area contributed by atoms with Gasteiger partial charge < -0.3 is 9.47 Å². The maximum atomic E-state index is 12.7. The number of ether oxygens (including phenoxy) is 2. The summed E-state index contributed by atoms with van der Waals surface area (Å²) in [6, 6.07) is 19.3. The molecule has 0 aliphatic carbocycles. The van der Waals surface area contributed by atoms with Gasteiger partial charge in [0.25, 0.3) is 15.9 Å². The molecule has 3 aromatic rings. The predicted octanol–water partition coefficient (Wildman–Crippen LogP) is 3.27. The fourth-order valence-electron chi connectivity index (χ4n) is 2.68. The van der Waals surface area contributed by atoms with Crippen molar-refractivity contribution < 1.29 is 22.7 Å². The zero-order valence-electron chi connectivity index (χ0n) is 16.9. The molecule has 160 valence electrons. The molecular formula is C22H21N3O5S. The summed E-state index contributed by atoms with van der Waals surface area (Å²) in [5, 5.41) is 3.92. The fourth-order valence-corrected chi connectivity index (χ4v) is 3.78. The molecule has 1 amide bonds. The highest BCUT2D eigenvalue weighted by Crippen LogP contribution is 2.20. The molecule has 2 N–H and O–H groups in total. The van der Waals surface area contributed by atoms with Gasteiger partial charge in [-0.25, -0.2) is 13.8 Å². The number of hydrogen-bond donors (Lipinski definition) is 2. The third-order valence-electron chi connectivity index (χ3n) is 4.26. The number of nitrogens with one attached hydrogen (secondary N) is 2. The Morgan fingerprint density at radius 1 is 0.935 bits per heavy atom. The van der Waals surface area contributed by atoms with Crippen LogP contribution in [-0.4, -0.2) is 34.8 Å². The summed E-state index contributed by atoms with van der Waals surface area (Å²) in [5.41, 5.74) is 3.59. The summed E-state index contributed by atoms with van der Waals surface area (Å²) in [6.45, 7) is 0. The molecule has 0 aliphatic heterocycles. The molecule has 0 fully saturated rings. The van der Waals surface area contributed by atoms with Crippen LogP contribution in [0.4, 0.5) is 5.69 Å². The highest BCUT2D eigenvalue weighted by molar-refractivity contribution is 7.92. The Kier molecular flexibility index (Phi) is 6.88. The predicted molar refractivity (Wildman–Crippen MR) is 118 cm³/mol. The number of benzene rings is 3. The first kappa shape index (κ1) is 21.8. The minimum Gasteiger partial charge on any atom is -0.497 e. The van der Waals surface area contributed by atoms with Crippen LogP contribution in [0.15, 0.2) is 82.8 Å². The minimum absolute atomic E-state index is 0.0512. The van der Waals surface area contributed by atoms with E-state index >= 15 is 0 Å². The van der Waals surface area contributed by atoms with E-state index in [1.165, 1.54) is 44.7 Å². The van der Waals surface area contributed by atoms with Crippen molar-refractivity contribution in [1.29, 1.82) is 0 Å². The Bertz CT molecular complexity index is 1190. The second-order valence-electron chi connectivity index (χ2n) is 6.30. The molecular weight excluding hydrogens is 418 g/mol. The highest BCUT2D eigenvalue weighted by Gasteiger charge is 2.16. The van der Waals surface area contributed by atoms with Crippen molar-refractivity contribution in [2.24, 2.45) is 5.10 Å². The van der Waals surface area contributed by atoms with Crippen molar-refractivity contribution in [3.8, 4) is 11.5 Å². The average Bonchev–Trinajstić information content (AvgIpc) is 2.79. The van der Waals surface area contributed by atoms with E-state index in [1.807, 2.05) is 12.1 Å². The molecule has 0 bridgehead atoms. The van der Waals surface area contributed by atoms with Crippen LogP contribution < -0.4 is 19.6 Å². The minimum atomic E-state index is -3.89. The van der Waals surface area contributed by atoms with Crippen molar-refractivity contribution in [3.05, 3.63) is 83.9 Å². The summed E-state index contributed by atoms with van der Waals surface area (Å²) in [6.07, 6.45) is 1.45. The Morgan fingerprint density at radius 3 is 2.39 bits per heavy atom. The molecule has 0 saturated carbocycles. The molecule has 8 nitrogen and oxygen atoms in total. The zero-order chi connectivity index (χ0) is 22.3. The van der Waals surface area contributed by atoms with Crippen LogP contribution in [0.3, 0.4) is 0 Å². The molecule has 31 heavy (non-hydrogen) atoms. The van der Waals surface area contributed by atoms with E-state index in [4.69, 9.17) is 9.47 Å². The molecule has 0 unspecified atom stereocenters. The van der Waals surface area contributed by atoms with Crippen molar-refractivity contribution in [3.63, 3.8) is 0 Å². The summed E-state index contributed by atoms with van der Waals surface area (Å²) in [7, 11) is -0.824. The van der Waals surface area contributed by atoms with Crippen LogP contribution in [0.25, 0.3) is 0 Å². The SMILES string of the molecule is COc1ccc(NS(=O)(=O)c2cccc(C(=O)N/N=C\c3ccccc3OC)c2)cc1. The van der Waals surface area contributed by atoms with Crippen LogP contribution >= 0.6 is 0 Å². The number of hydrazone groups is 1. The number of sulfonamides is 1. The fraction of sp³-hybridized carbons (Fsp3) is 0.0909. The maximum absolute atomic E-state index is 12.7. The number of carbonyl (C=O) groups is 1. The molecule has 3 aromatic carbocycles. The number of para-hydroxylation sites is 1. The number of hydrogen-bond acceptors (Lipinski definition) is 6. The van der Waals surface area contributed by atoms with Crippen LogP contribution in [0.5, 0.6) is 11.5 Å². The third-order valence-corrected chi connectivity index (χ3v) is 5.64. The van der Waals surface area contributed by atoms with Gasteiger partial charge in [-0.3, -0.25) is 9.52 Å². The number of methoxy groups -OCH3 is 2. The van der Waals surface area contributed by atoms with Gasteiger partial charge in [0.2, 0.25) is 0 Å². The van der Waals surface area contributed by atoms with Crippen molar-refractivity contribution >= 4 is 27.8 Å². The van der Waals surface area contributed by atoms with Crippen LogP contribution in [0.2, 0.25) is 0 Å². The van der Waals surface area contributed by atoms with E-state index in [-0.39, 0.29) is 10.5 Å². The number of anilines is 1. The van der Waals surface area contributed by atoms with Crippen molar-refractivity contribution in [2.45, 2.75) is 4.90 Å². The molecule has 0 spiro atoms. The van der Waals surface area contributed by atoms with Gasteiger partial charge in [-0.2, -0.15) is 5.10 Å². The summed E-state index contributed by atoms with van der Waals surface area (Å²) >= 11 is 0. The lowest BCUT2D eigenvalue weighted by molar-refractivity contribution is 0.0955. The number of nitrogens with zero attached hydrogens (tertiary/aromatic N) is 1.